The maximum absolute atomic E-state index is 12.7. The van der Waals surface area contributed by atoms with Gasteiger partial charge in [-0.2, -0.15) is 0 Å². The number of hydrogen-bond donors (Lipinski definition) is 0. The second-order valence-electron chi connectivity index (χ2n) is 5.52. The molecule has 0 bridgehead atoms. The summed E-state index contributed by atoms with van der Waals surface area (Å²) in [6.45, 7) is 8.20. The molecule has 2 rings (SSSR count). The molecule has 0 saturated carbocycles. The van der Waals surface area contributed by atoms with E-state index in [1.54, 1.807) is 11.0 Å². The molecule has 0 unspecified atom stereocenters. The van der Waals surface area contributed by atoms with E-state index >= 15 is 0 Å². The quantitative estimate of drug-likeness (QED) is 0.630. The van der Waals surface area contributed by atoms with E-state index in [4.69, 9.17) is 0 Å². The van der Waals surface area contributed by atoms with Crippen LogP contribution in [0.3, 0.4) is 0 Å². The maximum Gasteiger partial charge on any atom is 0.259 e. The SMILES string of the molecule is C=Cc1cc(C(C)C)ccc1N(C)C(=O)c1ccccc1I. The van der Waals surface area contributed by atoms with Crippen LogP contribution in [0, 0.1) is 3.57 Å². The molecule has 0 spiro atoms. The average molecular weight is 405 g/mol. The van der Waals surface area contributed by atoms with E-state index in [1.807, 2.05) is 37.4 Å². The molecule has 0 aliphatic carbocycles. The van der Waals surface area contributed by atoms with Crippen molar-refractivity contribution in [3.63, 3.8) is 0 Å². The molecule has 22 heavy (non-hydrogen) atoms. The van der Waals surface area contributed by atoms with Crippen LogP contribution < -0.4 is 4.90 Å². The first-order valence-electron chi connectivity index (χ1n) is 7.24. The Balaban J connectivity index is 2.41. The van der Waals surface area contributed by atoms with Crippen molar-refractivity contribution in [2.75, 3.05) is 11.9 Å². The topological polar surface area (TPSA) is 20.3 Å². The minimum Gasteiger partial charge on any atom is -0.311 e. The summed E-state index contributed by atoms with van der Waals surface area (Å²) in [7, 11) is 1.81. The van der Waals surface area contributed by atoms with Crippen molar-refractivity contribution in [3.05, 3.63) is 69.3 Å². The first-order chi connectivity index (χ1) is 10.5. The van der Waals surface area contributed by atoms with Crippen molar-refractivity contribution in [1.29, 1.82) is 0 Å². The maximum atomic E-state index is 12.7. The van der Waals surface area contributed by atoms with Crippen molar-refractivity contribution in [2.24, 2.45) is 0 Å². The van der Waals surface area contributed by atoms with Gasteiger partial charge in [0.05, 0.1) is 11.3 Å². The molecule has 0 heterocycles. The highest BCUT2D eigenvalue weighted by molar-refractivity contribution is 14.1. The number of nitrogens with zero attached hydrogens (tertiary/aromatic N) is 1. The van der Waals surface area contributed by atoms with Crippen molar-refractivity contribution in [2.45, 2.75) is 19.8 Å². The lowest BCUT2D eigenvalue weighted by Crippen LogP contribution is -2.27. The van der Waals surface area contributed by atoms with E-state index in [9.17, 15) is 4.79 Å². The zero-order chi connectivity index (χ0) is 16.3. The summed E-state index contributed by atoms with van der Waals surface area (Å²) in [5.41, 5.74) is 3.82. The lowest BCUT2D eigenvalue weighted by Gasteiger charge is -2.21. The Morgan fingerprint density at radius 2 is 1.91 bits per heavy atom. The zero-order valence-electron chi connectivity index (χ0n) is 13.1. The van der Waals surface area contributed by atoms with Crippen molar-refractivity contribution >= 4 is 40.3 Å². The minimum atomic E-state index is -0.00889. The van der Waals surface area contributed by atoms with Crippen LogP contribution in [0.25, 0.3) is 6.08 Å². The summed E-state index contributed by atoms with van der Waals surface area (Å²) in [5.74, 6) is 0.439. The number of rotatable bonds is 4. The van der Waals surface area contributed by atoms with Gasteiger partial charge in [-0.05, 0) is 63.9 Å². The van der Waals surface area contributed by atoms with Gasteiger partial charge in [0.15, 0.2) is 0 Å². The summed E-state index contributed by atoms with van der Waals surface area (Å²) >= 11 is 2.19. The van der Waals surface area contributed by atoms with Crippen LogP contribution in [-0.2, 0) is 0 Å². The monoisotopic (exact) mass is 405 g/mol. The Bertz CT molecular complexity index is 706. The van der Waals surface area contributed by atoms with Gasteiger partial charge in [-0.1, -0.05) is 44.7 Å². The molecule has 0 aliphatic rings. The van der Waals surface area contributed by atoms with Gasteiger partial charge in [0.25, 0.3) is 5.91 Å². The van der Waals surface area contributed by atoms with Crippen molar-refractivity contribution < 1.29 is 4.79 Å². The van der Waals surface area contributed by atoms with E-state index < -0.39 is 0 Å². The largest absolute Gasteiger partial charge is 0.311 e. The standard InChI is InChI=1S/C19H20INO/c1-5-14-12-15(13(2)3)10-11-18(14)21(4)19(22)16-8-6-7-9-17(16)20/h5-13H,1H2,2-4H3. The number of anilines is 1. The predicted octanol–water partition coefficient (Wildman–Crippen LogP) is 5.33. The van der Waals surface area contributed by atoms with E-state index in [2.05, 4.69) is 55.2 Å². The molecule has 0 saturated heterocycles. The van der Waals surface area contributed by atoms with E-state index in [0.717, 1.165) is 14.8 Å². The van der Waals surface area contributed by atoms with Gasteiger partial charge in [-0.25, -0.2) is 0 Å². The highest BCUT2D eigenvalue weighted by Gasteiger charge is 2.18. The molecule has 0 N–H and O–H groups in total. The molecule has 0 radical (unpaired) electrons. The summed E-state index contributed by atoms with van der Waals surface area (Å²) in [4.78, 5) is 14.4. The first-order valence-corrected chi connectivity index (χ1v) is 8.32. The molecule has 0 aliphatic heterocycles. The zero-order valence-corrected chi connectivity index (χ0v) is 15.3. The summed E-state index contributed by atoms with van der Waals surface area (Å²) in [5, 5.41) is 0. The van der Waals surface area contributed by atoms with Gasteiger partial charge in [0.2, 0.25) is 0 Å². The number of amides is 1. The first kappa shape index (κ1) is 16.7. The Morgan fingerprint density at radius 1 is 1.23 bits per heavy atom. The molecule has 3 heteroatoms. The fourth-order valence-electron chi connectivity index (χ4n) is 2.33. The van der Waals surface area contributed by atoms with Gasteiger partial charge < -0.3 is 4.90 Å². The lowest BCUT2D eigenvalue weighted by molar-refractivity contribution is 0.0992. The molecule has 2 nitrogen and oxygen atoms in total. The van der Waals surface area contributed by atoms with E-state index in [1.165, 1.54) is 5.56 Å². The molecular weight excluding hydrogens is 385 g/mol. The Morgan fingerprint density at radius 3 is 2.50 bits per heavy atom. The van der Waals surface area contributed by atoms with Gasteiger partial charge in [0, 0.05) is 10.6 Å². The number of carbonyl (C=O) groups excluding carboxylic acids is 1. The van der Waals surface area contributed by atoms with Gasteiger partial charge >= 0.3 is 0 Å². The fourth-order valence-corrected chi connectivity index (χ4v) is 2.94. The molecule has 114 valence electrons. The second kappa shape index (κ2) is 7.09. The number of benzene rings is 2. The van der Waals surface area contributed by atoms with Crippen LogP contribution in [0.2, 0.25) is 0 Å². The van der Waals surface area contributed by atoms with E-state index in [-0.39, 0.29) is 5.91 Å². The van der Waals surface area contributed by atoms with Crippen molar-refractivity contribution in [3.8, 4) is 0 Å². The number of hydrogen-bond acceptors (Lipinski definition) is 1. The van der Waals surface area contributed by atoms with Crippen LogP contribution in [-0.4, -0.2) is 13.0 Å². The highest BCUT2D eigenvalue weighted by atomic mass is 127. The highest BCUT2D eigenvalue weighted by Crippen LogP contribution is 2.27. The molecule has 0 atom stereocenters. The van der Waals surface area contributed by atoms with Gasteiger partial charge in [0.1, 0.15) is 0 Å². The average Bonchev–Trinajstić information content (AvgIpc) is 2.53. The van der Waals surface area contributed by atoms with Crippen LogP contribution in [0.5, 0.6) is 0 Å². The number of halogens is 1. The molecule has 0 aromatic heterocycles. The fraction of sp³-hybridized carbons (Fsp3) is 0.211. The summed E-state index contributed by atoms with van der Waals surface area (Å²) in [6.07, 6.45) is 1.81. The van der Waals surface area contributed by atoms with Crippen molar-refractivity contribution in [1.82, 2.24) is 0 Å². The summed E-state index contributed by atoms with van der Waals surface area (Å²) < 4.78 is 0.955. The molecule has 1 amide bonds. The molecule has 2 aromatic carbocycles. The summed E-state index contributed by atoms with van der Waals surface area (Å²) in [6, 6.07) is 13.8. The molecular formula is C19H20INO. The predicted molar refractivity (Wildman–Crippen MR) is 103 cm³/mol. The second-order valence-corrected chi connectivity index (χ2v) is 6.68. The number of carbonyl (C=O) groups is 1. The minimum absolute atomic E-state index is 0.00889. The normalized spacial score (nSPS) is 10.6. The van der Waals surface area contributed by atoms with E-state index in [0.29, 0.717) is 11.5 Å². The Hall–Kier alpha value is -1.62. The third kappa shape index (κ3) is 3.40. The Kier molecular flexibility index (Phi) is 5.40. The van der Waals surface area contributed by atoms with Gasteiger partial charge in [-0.3, -0.25) is 4.79 Å². The third-order valence-electron chi connectivity index (χ3n) is 3.71. The van der Waals surface area contributed by atoms with Crippen LogP contribution >= 0.6 is 22.6 Å². The smallest absolute Gasteiger partial charge is 0.259 e. The molecule has 0 fully saturated rings. The Labute approximate surface area is 146 Å². The van der Waals surface area contributed by atoms with Gasteiger partial charge in [-0.15, -0.1) is 0 Å². The third-order valence-corrected chi connectivity index (χ3v) is 4.65. The molecule has 2 aromatic rings. The lowest BCUT2D eigenvalue weighted by atomic mass is 9.99. The van der Waals surface area contributed by atoms with Crippen LogP contribution in [0.4, 0.5) is 5.69 Å². The van der Waals surface area contributed by atoms with Crippen LogP contribution in [0.1, 0.15) is 41.3 Å². The van der Waals surface area contributed by atoms with Crippen LogP contribution in [0.15, 0.2) is 49.0 Å².